The van der Waals surface area contributed by atoms with Crippen LogP contribution in [0.4, 0.5) is 5.69 Å². The van der Waals surface area contributed by atoms with Crippen molar-refractivity contribution >= 4 is 33.2 Å². The second-order valence-corrected chi connectivity index (χ2v) is 12.0. The Labute approximate surface area is 246 Å². The molecular weight excluding hydrogens is 568 g/mol. The Balaban J connectivity index is 1.74. The second-order valence-electron chi connectivity index (χ2n) is 9.70. The number of nitrogens with one attached hydrogen (secondary N) is 1. The summed E-state index contributed by atoms with van der Waals surface area (Å²) in [7, 11) is -0.0247. The predicted octanol–water partition coefficient (Wildman–Crippen LogP) is 5.76. The zero-order chi connectivity index (χ0) is 29.8. The number of carbonyl (C=O) groups is 1. The summed E-state index contributed by atoms with van der Waals surface area (Å²) in [5.74, 6) is 1.03. The number of fused-ring (bicyclic) bond motifs is 1. The third kappa shape index (κ3) is 6.18. The van der Waals surface area contributed by atoms with E-state index in [1.54, 1.807) is 12.1 Å². The Bertz CT molecular complexity index is 1510. The summed E-state index contributed by atoms with van der Waals surface area (Å²) in [5.41, 5.74) is 0.509. The molecule has 41 heavy (non-hydrogen) atoms. The molecule has 0 saturated heterocycles. The van der Waals surface area contributed by atoms with Gasteiger partial charge in [0.2, 0.25) is 5.91 Å². The highest BCUT2D eigenvalue weighted by molar-refractivity contribution is 7.92. The number of amides is 1. The number of methoxy groups -OCH3 is 3. The van der Waals surface area contributed by atoms with Gasteiger partial charge in [-0.15, -0.1) is 0 Å². The van der Waals surface area contributed by atoms with Crippen molar-refractivity contribution in [2.75, 3.05) is 32.2 Å². The molecule has 1 aliphatic rings. The highest BCUT2D eigenvalue weighted by atomic mass is 35.5. The van der Waals surface area contributed by atoms with E-state index < -0.39 is 28.1 Å². The van der Waals surface area contributed by atoms with Crippen molar-refractivity contribution in [2.45, 2.75) is 49.6 Å². The Morgan fingerprint density at radius 2 is 1.63 bits per heavy atom. The first-order valence-electron chi connectivity index (χ1n) is 13.3. The highest BCUT2D eigenvalue weighted by Gasteiger charge is 2.39. The third-order valence-corrected chi connectivity index (χ3v) is 9.45. The average Bonchev–Trinajstić information content (AvgIpc) is 2.99. The summed E-state index contributed by atoms with van der Waals surface area (Å²) in [5, 5.41) is 3.35. The van der Waals surface area contributed by atoms with Gasteiger partial charge in [0.1, 0.15) is 23.6 Å². The van der Waals surface area contributed by atoms with Crippen molar-refractivity contribution in [1.82, 2.24) is 5.32 Å². The molecule has 1 N–H and O–H groups in total. The van der Waals surface area contributed by atoms with Gasteiger partial charge in [-0.2, -0.15) is 0 Å². The molecule has 0 saturated carbocycles. The van der Waals surface area contributed by atoms with E-state index in [1.165, 1.54) is 45.6 Å². The van der Waals surface area contributed by atoms with Crippen LogP contribution in [0.3, 0.4) is 0 Å². The van der Waals surface area contributed by atoms with E-state index in [-0.39, 0.29) is 33.1 Å². The molecule has 1 aliphatic heterocycles. The van der Waals surface area contributed by atoms with Gasteiger partial charge in [-0.25, -0.2) is 8.42 Å². The fraction of sp³-hybridized carbons (Fsp3) is 0.367. The summed E-state index contributed by atoms with van der Waals surface area (Å²) in [4.78, 5) is 13.6. The fourth-order valence-electron chi connectivity index (χ4n) is 5.06. The molecule has 1 heterocycles. The largest absolute Gasteiger partial charge is 0.495 e. The Morgan fingerprint density at radius 1 is 0.976 bits per heavy atom. The number of carbonyl (C=O) groups excluding carboxylic acids is 1. The second kappa shape index (κ2) is 12.5. The van der Waals surface area contributed by atoms with Crippen LogP contribution in [0.25, 0.3) is 0 Å². The lowest BCUT2D eigenvalue weighted by atomic mass is 9.83. The molecule has 9 nitrogen and oxygen atoms in total. The molecule has 11 heteroatoms. The zero-order valence-electron chi connectivity index (χ0n) is 23.8. The van der Waals surface area contributed by atoms with Crippen LogP contribution in [0.5, 0.6) is 23.0 Å². The topological polar surface area (TPSA) is 103 Å². The first-order valence-corrected chi connectivity index (χ1v) is 15.1. The summed E-state index contributed by atoms with van der Waals surface area (Å²) < 4.78 is 51.7. The maximum absolute atomic E-state index is 14.1. The average molecular weight is 603 g/mol. The van der Waals surface area contributed by atoms with Gasteiger partial charge in [-0.1, -0.05) is 43.6 Å². The van der Waals surface area contributed by atoms with Gasteiger partial charge in [0, 0.05) is 23.1 Å². The van der Waals surface area contributed by atoms with Crippen LogP contribution < -0.4 is 28.6 Å². The van der Waals surface area contributed by atoms with Crippen LogP contribution in [0, 0.1) is 0 Å². The highest BCUT2D eigenvalue weighted by Crippen LogP contribution is 2.43. The monoisotopic (exact) mass is 602 g/mol. The van der Waals surface area contributed by atoms with Crippen LogP contribution >= 0.6 is 11.6 Å². The summed E-state index contributed by atoms with van der Waals surface area (Å²) in [6.07, 6.45) is 2.05. The van der Waals surface area contributed by atoms with Crippen molar-refractivity contribution in [1.29, 1.82) is 0 Å². The van der Waals surface area contributed by atoms with Crippen molar-refractivity contribution in [3.63, 3.8) is 0 Å². The molecule has 220 valence electrons. The lowest BCUT2D eigenvalue weighted by molar-refractivity contribution is -0.121. The van der Waals surface area contributed by atoms with Crippen LogP contribution in [0.1, 0.15) is 44.7 Å². The quantitative estimate of drug-likeness (QED) is 0.298. The number of nitrogens with zero attached hydrogens (tertiary/aromatic N) is 1. The molecule has 0 fully saturated rings. The van der Waals surface area contributed by atoms with E-state index in [1.807, 2.05) is 24.3 Å². The smallest absolute Gasteiger partial charge is 0.265 e. The predicted molar refractivity (Wildman–Crippen MR) is 158 cm³/mol. The zero-order valence-corrected chi connectivity index (χ0v) is 25.3. The van der Waals surface area contributed by atoms with E-state index >= 15 is 0 Å². The number of anilines is 1. The molecule has 1 atom stereocenters. The molecule has 0 spiro atoms. The number of hydrogen-bond acceptors (Lipinski definition) is 7. The molecule has 0 unspecified atom stereocenters. The summed E-state index contributed by atoms with van der Waals surface area (Å²) in [6.45, 7) is 3.58. The van der Waals surface area contributed by atoms with Gasteiger partial charge < -0.3 is 24.3 Å². The lowest BCUT2D eigenvalue weighted by Crippen LogP contribution is -2.47. The van der Waals surface area contributed by atoms with E-state index in [4.69, 9.17) is 30.5 Å². The minimum absolute atomic E-state index is 0.0997. The Kier molecular flexibility index (Phi) is 9.24. The van der Waals surface area contributed by atoms with Crippen molar-refractivity contribution < 1.29 is 32.2 Å². The normalized spacial score (nSPS) is 15.7. The number of para-hydroxylation sites is 1. The number of halogens is 1. The van der Waals surface area contributed by atoms with Gasteiger partial charge in [0.05, 0.1) is 38.0 Å². The maximum Gasteiger partial charge on any atom is 0.265 e. The SMILES string of the molecule is CCC1(CC)C[C@@H](NC(=O)CN(c2cc(Cl)ccc2OC)S(=O)(=O)c2ccc(OC)c(OC)c2)c2ccccc2O1. The number of hydrogen-bond donors (Lipinski definition) is 1. The first-order chi connectivity index (χ1) is 19.6. The van der Waals surface area contributed by atoms with Gasteiger partial charge in [0.15, 0.2) is 11.5 Å². The van der Waals surface area contributed by atoms with Crippen LogP contribution in [0.2, 0.25) is 5.02 Å². The van der Waals surface area contributed by atoms with Crippen LogP contribution in [-0.2, 0) is 14.8 Å². The number of sulfonamides is 1. The molecule has 4 rings (SSSR count). The molecule has 1 amide bonds. The van der Waals surface area contributed by atoms with Crippen molar-refractivity contribution in [3.05, 3.63) is 71.2 Å². The van der Waals surface area contributed by atoms with Gasteiger partial charge in [0.25, 0.3) is 10.0 Å². The lowest BCUT2D eigenvalue weighted by Gasteiger charge is -2.41. The van der Waals surface area contributed by atoms with E-state index in [0.717, 1.165) is 22.7 Å². The number of ether oxygens (including phenoxy) is 4. The van der Waals surface area contributed by atoms with E-state index in [0.29, 0.717) is 17.9 Å². The molecule has 0 radical (unpaired) electrons. The van der Waals surface area contributed by atoms with Crippen LogP contribution in [-0.4, -0.2) is 47.8 Å². The minimum atomic E-state index is -4.32. The van der Waals surface area contributed by atoms with Gasteiger partial charge >= 0.3 is 0 Å². The molecule has 3 aromatic rings. The van der Waals surface area contributed by atoms with Gasteiger partial charge in [-0.3, -0.25) is 9.10 Å². The molecule has 0 bridgehead atoms. The molecule has 0 aromatic heterocycles. The Morgan fingerprint density at radius 3 is 2.29 bits per heavy atom. The van der Waals surface area contributed by atoms with E-state index in [2.05, 4.69) is 19.2 Å². The standard InChI is InChI=1S/C30H35ClN2O7S/c1-6-30(7-2)18-23(22-10-8-9-11-25(22)40-30)32-29(34)19-33(24-16-20(31)12-14-26(24)37-3)41(35,36)21-13-15-27(38-4)28(17-21)39-5/h8-17,23H,6-7,18-19H2,1-5H3,(H,32,34)/t23-/m1/s1. The third-order valence-electron chi connectivity index (χ3n) is 7.46. The summed E-state index contributed by atoms with van der Waals surface area (Å²) in [6, 6.07) is 16.0. The molecule has 3 aromatic carbocycles. The Hall–Kier alpha value is -3.63. The van der Waals surface area contributed by atoms with Crippen molar-refractivity contribution in [3.8, 4) is 23.0 Å². The maximum atomic E-state index is 14.1. The van der Waals surface area contributed by atoms with E-state index in [9.17, 15) is 13.2 Å². The number of benzene rings is 3. The molecule has 0 aliphatic carbocycles. The van der Waals surface area contributed by atoms with Gasteiger partial charge in [-0.05, 0) is 49.2 Å². The fourth-order valence-corrected chi connectivity index (χ4v) is 6.67. The molecular formula is C30H35ClN2O7S. The number of rotatable bonds is 11. The summed E-state index contributed by atoms with van der Waals surface area (Å²) >= 11 is 6.28. The minimum Gasteiger partial charge on any atom is -0.495 e. The van der Waals surface area contributed by atoms with Crippen LogP contribution in [0.15, 0.2) is 65.6 Å². The van der Waals surface area contributed by atoms with Crippen molar-refractivity contribution in [2.24, 2.45) is 0 Å². The first kappa shape index (κ1) is 30.3.